The van der Waals surface area contributed by atoms with E-state index >= 15 is 0 Å². The number of fused-ring (bicyclic) bond motifs is 2. The summed E-state index contributed by atoms with van der Waals surface area (Å²) in [6.45, 7) is 6.06. The summed E-state index contributed by atoms with van der Waals surface area (Å²) in [5.74, 6) is -0.261. The summed E-state index contributed by atoms with van der Waals surface area (Å²) < 4.78 is 14.1. The van der Waals surface area contributed by atoms with Crippen LogP contribution in [0.5, 0.6) is 0 Å². The summed E-state index contributed by atoms with van der Waals surface area (Å²) in [7, 11) is 0. The van der Waals surface area contributed by atoms with Gasteiger partial charge in [0.1, 0.15) is 22.7 Å². The Labute approximate surface area is 206 Å². The Morgan fingerprint density at radius 2 is 1.86 bits per heavy atom. The maximum absolute atomic E-state index is 14.1. The third-order valence-corrected chi connectivity index (χ3v) is 6.04. The molecule has 0 saturated heterocycles. The number of H-pyrrole nitrogens is 2. The van der Waals surface area contributed by atoms with Gasteiger partial charge in [0.15, 0.2) is 0 Å². The van der Waals surface area contributed by atoms with E-state index in [1.807, 2.05) is 43.3 Å². The molecule has 6 aromatic rings. The third kappa shape index (κ3) is 3.96. The van der Waals surface area contributed by atoms with Crippen molar-refractivity contribution < 1.29 is 4.39 Å². The van der Waals surface area contributed by atoms with Crippen molar-refractivity contribution in [2.24, 2.45) is 0 Å². The van der Waals surface area contributed by atoms with Crippen molar-refractivity contribution >= 4 is 27.8 Å². The lowest BCUT2D eigenvalue weighted by Crippen LogP contribution is -2.09. The fourth-order valence-corrected chi connectivity index (χ4v) is 4.54. The van der Waals surface area contributed by atoms with Crippen LogP contribution in [0, 0.1) is 12.7 Å². The van der Waals surface area contributed by atoms with Gasteiger partial charge in [-0.1, -0.05) is 6.07 Å². The van der Waals surface area contributed by atoms with Crippen LogP contribution < -0.4 is 5.32 Å². The maximum Gasteiger partial charge on any atom is 0.138 e. The minimum absolute atomic E-state index is 0.261. The molecule has 0 amide bonds. The molecule has 5 aromatic heterocycles. The first kappa shape index (κ1) is 21.9. The van der Waals surface area contributed by atoms with Crippen molar-refractivity contribution in [3.63, 3.8) is 0 Å². The van der Waals surface area contributed by atoms with E-state index in [4.69, 9.17) is 4.98 Å². The lowest BCUT2D eigenvalue weighted by atomic mass is 10.0. The standard InChI is InChI=1S/C28H24FN7/c1-15(2)32-20-11-18(13-30-14-20)23-4-5-24-26(33-23)27(36-35-24)25-12-22-21(6-7-31-28(22)34-25)17-8-16(3)9-19(29)10-17/h4-15,32H,1-3H3,(H,31,34)(H,35,36). The second-order valence-corrected chi connectivity index (χ2v) is 9.25. The van der Waals surface area contributed by atoms with Crippen molar-refractivity contribution in [3.05, 3.63) is 78.5 Å². The highest BCUT2D eigenvalue weighted by Crippen LogP contribution is 2.34. The van der Waals surface area contributed by atoms with E-state index in [9.17, 15) is 4.39 Å². The Balaban J connectivity index is 1.45. The lowest BCUT2D eigenvalue weighted by molar-refractivity contribution is 0.627. The smallest absolute Gasteiger partial charge is 0.138 e. The van der Waals surface area contributed by atoms with Crippen LogP contribution in [0.2, 0.25) is 0 Å². The molecule has 3 N–H and O–H groups in total. The van der Waals surface area contributed by atoms with Gasteiger partial charge in [-0.25, -0.2) is 14.4 Å². The van der Waals surface area contributed by atoms with Gasteiger partial charge in [-0.05, 0) is 79.9 Å². The zero-order chi connectivity index (χ0) is 24.8. The summed E-state index contributed by atoms with van der Waals surface area (Å²) >= 11 is 0. The summed E-state index contributed by atoms with van der Waals surface area (Å²) in [5, 5.41) is 11.9. The first-order valence-corrected chi connectivity index (χ1v) is 11.8. The van der Waals surface area contributed by atoms with Crippen LogP contribution in [0.15, 0.2) is 67.1 Å². The Kier molecular flexibility index (Phi) is 5.21. The molecule has 7 nitrogen and oxygen atoms in total. The fourth-order valence-electron chi connectivity index (χ4n) is 4.54. The Morgan fingerprint density at radius 1 is 0.972 bits per heavy atom. The number of benzene rings is 1. The molecule has 178 valence electrons. The van der Waals surface area contributed by atoms with E-state index in [1.165, 1.54) is 6.07 Å². The molecule has 0 fully saturated rings. The van der Waals surface area contributed by atoms with Gasteiger partial charge in [0.05, 0.1) is 22.6 Å². The fraction of sp³-hybridized carbons (Fsp3) is 0.143. The second kappa shape index (κ2) is 8.57. The Morgan fingerprint density at radius 3 is 2.69 bits per heavy atom. The molecule has 0 unspecified atom stereocenters. The van der Waals surface area contributed by atoms with Crippen molar-refractivity contribution in [1.29, 1.82) is 0 Å². The van der Waals surface area contributed by atoms with Gasteiger partial charge < -0.3 is 10.3 Å². The predicted molar refractivity (Wildman–Crippen MR) is 141 cm³/mol. The van der Waals surface area contributed by atoms with Gasteiger partial charge in [-0.15, -0.1) is 0 Å². The number of aromatic amines is 2. The molecule has 5 heterocycles. The molecular formula is C28H24FN7. The molecule has 0 spiro atoms. The van der Waals surface area contributed by atoms with Gasteiger partial charge in [0.2, 0.25) is 0 Å². The molecule has 6 rings (SSSR count). The van der Waals surface area contributed by atoms with E-state index in [1.54, 1.807) is 24.7 Å². The average molecular weight is 478 g/mol. The van der Waals surface area contributed by atoms with Gasteiger partial charge in [-0.2, -0.15) is 5.10 Å². The van der Waals surface area contributed by atoms with Crippen LogP contribution in [0.4, 0.5) is 10.1 Å². The van der Waals surface area contributed by atoms with Crippen LogP contribution in [0.25, 0.3) is 55.8 Å². The molecule has 0 bridgehead atoms. The number of pyridine rings is 3. The predicted octanol–water partition coefficient (Wildman–Crippen LogP) is 6.50. The summed E-state index contributed by atoms with van der Waals surface area (Å²) in [4.78, 5) is 17.2. The van der Waals surface area contributed by atoms with Crippen LogP contribution in [-0.4, -0.2) is 36.2 Å². The van der Waals surface area contributed by atoms with Crippen LogP contribution >= 0.6 is 0 Å². The Hall–Kier alpha value is -4.59. The van der Waals surface area contributed by atoms with Crippen molar-refractivity contribution in [2.45, 2.75) is 26.8 Å². The first-order valence-electron chi connectivity index (χ1n) is 11.8. The maximum atomic E-state index is 14.1. The quantitative estimate of drug-likeness (QED) is 0.263. The average Bonchev–Trinajstić information content (AvgIpc) is 3.46. The molecule has 0 radical (unpaired) electrons. The second-order valence-electron chi connectivity index (χ2n) is 9.25. The molecule has 8 heteroatoms. The molecule has 0 saturated carbocycles. The SMILES string of the molecule is Cc1cc(F)cc(-c2ccnc3[nH]c(-c4n[nH]c5ccc(-c6cncc(NC(C)C)c6)nc45)cc23)c1. The molecule has 0 aliphatic rings. The molecule has 1 aromatic carbocycles. The molecule has 0 aliphatic carbocycles. The van der Waals surface area contributed by atoms with Gasteiger partial charge in [0, 0.05) is 35.6 Å². The van der Waals surface area contributed by atoms with Crippen LogP contribution in [-0.2, 0) is 0 Å². The summed E-state index contributed by atoms with van der Waals surface area (Å²) in [6, 6.07) is 15.2. The highest BCUT2D eigenvalue weighted by atomic mass is 19.1. The monoisotopic (exact) mass is 477 g/mol. The minimum Gasteiger partial charge on any atom is -0.382 e. The third-order valence-electron chi connectivity index (χ3n) is 6.04. The van der Waals surface area contributed by atoms with Crippen molar-refractivity contribution in [2.75, 3.05) is 5.32 Å². The van der Waals surface area contributed by atoms with Gasteiger partial charge in [0.25, 0.3) is 0 Å². The van der Waals surface area contributed by atoms with Crippen LogP contribution in [0.3, 0.4) is 0 Å². The Bertz CT molecular complexity index is 1710. The molecular weight excluding hydrogens is 453 g/mol. The molecule has 0 atom stereocenters. The molecule has 36 heavy (non-hydrogen) atoms. The normalized spacial score (nSPS) is 11.6. The first-order chi connectivity index (χ1) is 17.4. The number of hydrogen-bond donors (Lipinski definition) is 3. The van der Waals surface area contributed by atoms with E-state index in [2.05, 4.69) is 44.3 Å². The number of aromatic nitrogens is 6. The van der Waals surface area contributed by atoms with Gasteiger partial charge >= 0.3 is 0 Å². The topological polar surface area (TPSA) is 95.2 Å². The van der Waals surface area contributed by atoms with Crippen LogP contribution in [0.1, 0.15) is 19.4 Å². The van der Waals surface area contributed by atoms with Gasteiger partial charge in [-0.3, -0.25) is 10.1 Å². The number of anilines is 1. The number of aryl methyl sites for hydroxylation is 1. The molecule has 0 aliphatic heterocycles. The zero-order valence-corrected chi connectivity index (χ0v) is 20.1. The number of nitrogens with one attached hydrogen (secondary N) is 3. The largest absolute Gasteiger partial charge is 0.382 e. The number of hydrogen-bond acceptors (Lipinski definition) is 5. The minimum atomic E-state index is -0.261. The van der Waals surface area contributed by atoms with Crippen molar-refractivity contribution in [1.82, 2.24) is 30.1 Å². The lowest BCUT2D eigenvalue weighted by Gasteiger charge is -2.10. The summed E-state index contributed by atoms with van der Waals surface area (Å²) in [5.41, 5.74) is 8.97. The summed E-state index contributed by atoms with van der Waals surface area (Å²) in [6.07, 6.45) is 5.34. The van der Waals surface area contributed by atoms with E-state index in [0.717, 1.165) is 55.7 Å². The van der Waals surface area contributed by atoms with E-state index in [-0.39, 0.29) is 5.82 Å². The zero-order valence-electron chi connectivity index (χ0n) is 20.1. The number of nitrogens with zero attached hydrogens (tertiary/aromatic N) is 4. The highest BCUT2D eigenvalue weighted by Gasteiger charge is 2.16. The highest BCUT2D eigenvalue weighted by molar-refractivity contribution is 5.99. The van der Waals surface area contributed by atoms with Crippen molar-refractivity contribution in [3.8, 4) is 33.8 Å². The van der Waals surface area contributed by atoms with E-state index < -0.39 is 0 Å². The number of rotatable bonds is 5. The number of halogens is 1. The van der Waals surface area contributed by atoms with E-state index in [0.29, 0.717) is 17.4 Å².